The molecule has 1 aliphatic carbocycles. The number of fused-ring (bicyclic) bond motifs is 2. The largest absolute Gasteiger partial charge is 0.482 e. The molecule has 0 bridgehead atoms. The maximum Gasteiger partial charge on any atom is 0.422 e. The zero-order chi connectivity index (χ0) is 15.0. The Kier molecular flexibility index (Phi) is 3.36. The fraction of sp³-hybridized carbons (Fsp3) is 0.357. The van der Waals surface area contributed by atoms with Gasteiger partial charge in [-0.15, -0.1) is 0 Å². The number of hydrazine groups is 1. The number of aromatic nitrogens is 1. The third kappa shape index (κ3) is 2.61. The molecule has 3 N–H and O–H groups in total. The summed E-state index contributed by atoms with van der Waals surface area (Å²) in [5.74, 6) is 5.70. The molecule has 0 amide bonds. The van der Waals surface area contributed by atoms with E-state index in [0.717, 1.165) is 36.2 Å². The van der Waals surface area contributed by atoms with E-state index in [1.807, 2.05) is 0 Å². The number of nitrogen functional groups attached to an aromatic ring is 1. The molecule has 0 saturated carbocycles. The van der Waals surface area contributed by atoms with E-state index in [4.69, 9.17) is 10.6 Å². The summed E-state index contributed by atoms with van der Waals surface area (Å²) in [6, 6.07) is 4.90. The van der Waals surface area contributed by atoms with Crippen LogP contribution in [0.15, 0.2) is 18.2 Å². The van der Waals surface area contributed by atoms with E-state index < -0.39 is 12.8 Å². The van der Waals surface area contributed by atoms with Gasteiger partial charge in [-0.05, 0) is 30.9 Å². The Hall–Kier alpha value is -2.02. The number of nitrogens with zero attached hydrogens (tertiary/aromatic N) is 1. The number of para-hydroxylation sites is 1. The highest BCUT2D eigenvalue weighted by atomic mass is 19.4. The molecule has 21 heavy (non-hydrogen) atoms. The first-order chi connectivity index (χ1) is 9.99. The van der Waals surface area contributed by atoms with Crippen molar-refractivity contribution in [3.05, 3.63) is 29.5 Å². The van der Waals surface area contributed by atoms with E-state index >= 15 is 0 Å². The summed E-state index contributed by atoms with van der Waals surface area (Å²) in [6.07, 6.45) is -1.75. The van der Waals surface area contributed by atoms with Gasteiger partial charge in [-0.25, -0.2) is 4.98 Å². The highest BCUT2D eigenvalue weighted by molar-refractivity contribution is 5.96. The third-order valence-corrected chi connectivity index (χ3v) is 3.54. The number of pyridine rings is 1. The van der Waals surface area contributed by atoms with Crippen molar-refractivity contribution in [3.63, 3.8) is 0 Å². The molecule has 0 saturated heterocycles. The summed E-state index contributed by atoms with van der Waals surface area (Å²) in [7, 11) is 0. The average Bonchev–Trinajstić information content (AvgIpc) is 2.89. The van der Waals surface area contributed by atoms with E-state index in [1.54, 1.807) is 12.1 Å². The fourth-order valence-electron chi connectivity index (χ4n) is 2.70. The number of nitrogens with one attached hydrogen (secondary N) is 1. The van der Waals surface area contributed by atoms with Gasteiger partial charge in [0.2, 0.25) is 0 Å². The quantitative estimate of drug-likeness (QED) is 0.675. The van der Waals surface area contributed by atoms with Crippen LogP contribution in [0, 0.1) is 0 Å². The number of benzene rings is 1. The monoisotopic (exact) mass is 297 g/mol. The molecule has 0 aliphatic heterocycles. The second-order valence-corrected chi connectivity index (χ2v) is 4.97. The summed E-state index contributed by atoms with van der Waals surface area (Å²) in [5.41, 5.74) is 5.70. The van der Waals surface area contributed by atoms with Crippen molar-refractivity contribution in [1.82, 2.24) is 4.98 Å². The number of nitrogens with two attached hydrogens (primary N) is 1. The lowest BCUT2D eigenvalue weighted by Crippen LogP contribution is -2.19. The summed E-state index contributed by atoms with van der Waals surface area (Å²) < 4.78 is 41.9. The number of rotatable bonds is 3. The lowest BCUT2D eigenvalue weighted by atomic mass is 10.1. The number of hydrogen-bond donors (Lipinski definition) is 2. The Labute approximate surface area is 119 Å². The van der Waals surface area contributed by atoms with E-state index in [1.165, 1.54) is 6.07 Å². The van der Waals surface area contributed by atoms with Crippen molar-refractivity contribution in [2.45, 2.75) is 25.4 Å². The fourth-order valence-corrected chi connectivity index (χ4v) is 2.70. The van der Waals surface area contributed by atoms with Gasteiger partial charge in [0.25, 0.3) is 0 Å². The molecule has 4 nitrogen and oxygen atoms in total. The van der Waals surface area contributed by atoms with E-state index in [2.05, 4.69) is 10.4 Å². The van der Waals surface area contributed by atoms with Crippen molar-refractivity contribution in [2.75, 3.05) is 12.0 Å². The van der Waals surface area contributed by atoms with Crippen LogP contribution in [0.2, 0.25) is 0 Å². The van der Waals surface area contributed by atoms with Gasteiger partial charge in [0, 0.05) is 11.1 Å². The number of anilines is 1. The van der Waals surface area contributed by atoms with Crippen LogP contribution in [0.1, 0.15) is 17.7 Å². The second-order valence-electron chi connectivity index (χ2n) is 4.97. The van der Waals surface area contributed by atoms with Crippen LogP contribution in [0.25, 0.3) is 10.9 Å². The highest BCUT2D eigenvalue weighted by Gasteiger charge is 2.29. The SMILES string of the molecule is NNc1c2c(nc3c(OCC(F)(F)F)cccc13)CCC2. The minimum absolute atomic E-state index is 0.121. The molecule has 1 heterocycles. The molecular weight excluding hydrogens is 283 g/mol. The van der Waals surface area contributed by atoms with Crippen molar-refractivity contribution < 1.29 is 17.9 Å². The van der Waals surface area contributed by atoms with Crippen molar-refractivity contribution >= 4 is 16.6 Å². The Morgan fingerprint density at radius 3 is 2.81 bits per heavy atom. The predicted molar refractivity (Wildman–Crippen MR) is 73.1 cm³/mol. The van der Waals surface area contributed by atoms with E-state index in [-0.39, 0.29) is 5.75 Å². The molecule has 3 rings (SSSR count). The molecule has 7 heteroatoms. The van der Waals surface area contributed by atoms with Crippen LogP contribution < -0.4 is 16.0 Å². The first-order valence-electron chi connectivity index (χ1n) is 6.60. The Morgan fingerprint density at radius 1 is 1.29 bits per heavy atom. The minimum atomic E-state index is -4.38. The normalized spacial score (nSPS) is 14.3. The molecule has 0 unspecified atom stereocenters. The topological polar surface area (TPSA) is 60.2 Å². The third-order valence-electron chi connectivity index (χ3n) is 3.54. The minimum Gasteiger partial charge on any atom is -0.482 e. The lowest BCUT2D eigenvalue weighted by molar-refractivity contribution is -0.153. The lowest BCUT2D eigenvalue weighted by Gasteiger charge is -2.15. The first kappa shape index (κ1) is 13.9. The van der Waals surface area contributed by atoms with E-state index in [0.29, 0.717) is 10.9 Å². The van der Waals surface area contributed by atoms with Crippen LogP contribution in [-0.4, -0.2) is 17.8 Å². The molecule has 0 atom stereocenters. The Balaban J connectivity index is 2.11. The van der Waals surface area contributed by atoms with Crippen LogP contribution in [-0.2, 0) is 12.8 Å². The molecule has 1 aromatic carbocycles. The van der Waals surface area contributed by atoms with Crippen LogP contribution in [0.5, 0.6) is 5.75 Å². The highest BCUT2D eigenvalue weighted by Crippen LogP contribution is 2.37. The summed E-state index contributed by atoms with van der Waals surface area (Å²) in [5, 5.41) is 0.679. The standard InChI is InChI=1S/C14H14F3N3O/c15-14(16,17)7-21-11-6-2-4-9-12(20-18)8-3-1-5-10(8)19-13(9)11/h2,4,6H,1,3,5,7,18H2,(H,19,20). The molecular formula is C14H14F3N3O. The van der Waals surface area contributed by atoms with Gasteiger partial charge >= 0.3 is 6.18 Å². The summed E-state index contributed by atoms with van der Waals surface area (Å²) in [6.45, 7) is -1.34. The molecule has 2 aromatic rings. The van der Waals surface area contributed by atoms with Gasteiger partial charge in [-0.2, -0.15) is 13.2 Å². The van der Waals surface area contributed by atoms with Gasteiger partial charge in [-0.1, -0.05) is 12.1 Å². The summed E-state index contributed by atoms with van der Waals surface area (Å²) >= 11 is 0. The van der Waals surface area contributed by atoms with Gasteiger partial charge < -0.3 is 10.2 Å². The van der Waals surface area contributed by atoms with Gasteiger partial charge in [-0.3, -0.25) is 5.84 Å². The van der Waals surface area contributed by atoms with Crippen molar-refractivity contribution in [3.8, 4) is 5.75 Å². The number of aryl methyl sites for hydroxylation is 1. The molecule has 1 aromatic heterocycles. The van der Waals surface area contributed by atoms with Gasteiger partial charge in [0.15, 0.2) is 6.61 Å². The summed E-state index contributed by atoms with van der Waals surface area (Å²) in [4.78, 5) is 4.48. The molecule has 112 valence electrons. The Morgan fingerprint density at radius 2 is 2.10 bits per heavy atom. The van der Waals surface area contributed by atoms with Crippen LogP contribution >= 0.6 is 0 Å². The average molecular weight is 297 g/mol. The van der Waals surface area contributed by atoms with Gasteiger partial charge in [0.1, 0.15) is 11.3 Å². The number of ether oxygens (including phenoxy) is 1. The zero-order valence-corrected chi connectivity index (χ0v) is 11.1. The first-order valence-corrected chi connectivity index (χ1v) is 6.60. The Bertz CT molecular complexity index is 685. The maximum absolute atomic E-state index is 12.3. The van der Waals surface area contributed by atoms with Crippen molar-refractivity contribution in [2.24, 2.45) is 5.84 Å². The van der Waals surface area contributed by atoms with Crippen molar-refractivity contribution in [1.29, 1.82) is 0 Å². The second kappa shape index (κ2) is 5.07. The number of hydrogen-bond acceptors (Lipinski definition) is 4. The maximum atomic E-state index is 12.3. The van der Waals surface area contributed by atoms with Crippen LogP contribution in [0.3, 0.4) is 0 Å². The van der Waals surface area contributed by atoms with E-state index in [9.17, 15) is 13.2 Å². The predicted octanol–water partition coefficient (Wildman–Crippen LogP) is 2.95. The molecule has 0 fully saturated rings. The molecule has 1 aliphatic rings. The van der Waals surface area contributed by atoms with Gasteiger partial charge in [0.05, 0.1) is 5.69 Å². The molecule has 0 radical (unpaired) electrons. The molecule has 0 spiro atoms. The van der Waals surface area contributed by atoms with Crippen LogP contribution in [0.4, 0.5) is 18.9 Å². The zero-order valence-electron chi connectivity index (χ0n) is 11.1. The number of halogens is 3. The smallest absolute Gasteiger partial charge is 0.422 e. The number of alkyl halides is 3.